The van der Waals surface area contributed by atoms with Crippen LogP contribution in [0.3, 0.4) is 0 Å². The van der Waals surface area contributed by atoms with Crippen molar-refractivity contribution in [3.05, 3.63) is 29.3 Å². The second kappa shape index (κ2) is 6.03. The molecule has 0 aromatic heterocycles. The van der Waals surface area contributed by atoms with Gasteiger partial charge in [-0.2, -0.15) is 0 Å². The van der Waals surface area contributed by atoms with Crippen LogP contribution in [0.1, 0.15) is 30.9 Å². The number of fused-ring (bicyclic) bond motifs is 1. The Bertz CT molecular complexity index is 361. The average Bonchev–Trinajstić information content (AvgIpc) is 2.40. The quantitative estimate of drug-likeness (QED) is 0.729. The lowest BCUT2D eigenvalue weighted by Gasteiger charge is -2.19. The lowest BCUT2D eigenvalue weighted by molar-refractivity contribution is 0.238. The van der Waals surface area contributed by atoms with Crippen LogP contribution in [0.25, 0.3) is 0 Å². The van der Waals surface area contributed by atoms with Crippen LogP contribution in [0, 0.1) is 0 Å². The number of rotatable bonds is 5. The van der Waals surface area contributed by atoms with Crippen LogP contribution in [0.4, 0.5) is 5.69 Å². The van der Waals surface area contributed by atoms with Gasteiger partial charge in [0, 0.05) is 24.8 Å². The standard InChI is InChI=1S/C14H22N2O/c1-2-13(10-17)16-9-11-5-6-14-12(8-11)4-3-7-15-14/h5-6,8,13,15-17H,2-4,7,9-10H2,1H3/t13-/m0/s1. The summed E-state index contributed by atoms with van der Waals surface area (Å²) >= 11 is 0. The fourth-order valence-electron chi connectivity index (χ4n) is 2.24. The van der Waals surface area contributed by atoms with Crippen molar-refractivity contribution in [1.82, 2.24) is 5.32 Å². The SMILES string of the molecule is CC[C@@H](CO)NCc1ccc2c(c1)CCCN2. The minimum atomic E-state index is 0.211. The number of hydrogen-bond donors (Lipinski definition) is 3. The van der Waals surface area contributed by atoms with Gasteiger partial charge in [-0.1, -0.05) is 19.1 Å². The molecule has 0 aliphatic carbocycles. The molecule has 0 unspecified atom stereocenters. The fraction of sp³-hybridized carbons (Fsp3) is 0.571. The highest BCUT2D eigenvalue weighted by molar-refractivity contribution is 5.54. The van der Waals surface area contributed by atoms with Gasteiger partial charge in [0.25, 0.3) is 0 Å². The third-order valence-corrected chi connectivity index (χ3v) is 3.42. The Kier molecular flexibility index (Phi) is 4.40. The molecule has 17 heavy (non-hydrogen) atoms. The molecule has 0 fully saturated rings. The second-order valence-electron chi connectivity index (χ2n) is 4.69. The highest BCUT2D eigenvalue weighted by Crippen LogP contribution is 2.22. The Morgan fingerprint density at radius 2 is 2.35 bits per heavy atom. The number of hydrogen-bond acceptors (Lipinski definition) is 3. The maximum atomic E-state index is 9.12. The summed E-state index contributed by atoms with van der Waals surface area (Å²) in [6.45, 7) is 4.23. The number of benzene rings is 1. The summed E-state index contributed by atoms with van der Waals surface area (Å²) in [7, 11) is 0. The van der Waals surface area contributed by atoms with E-state index in [2.05, 4.69) is 35.8 Å². The number of aliphatic hydroxyl groups is 1. The molecular weight excluding hydrogens is 212 g/mol. The molecule has 1 aromatic rings. The summed E-state index contributed by atoms with van der Waals surface area (Å²) in [6, 6.07) is 6.82. The van der Waals surface area contributed by atoms with E-state index in [9.17, 15) is 0 Å². The third kappa shape index (κ3) is 3.20. The number of anilines is 1. The summed E-state index contributed by atoms with van der Waals surface area (Å²) in [5.74, 6) is 0. The van der Waals surface area contributed by atoms with Gasteiger partial charge in [0.15, 0.2) is 0 Å². The first-order valence-corrected chi connectivity index (χ1v) is 6.53. The third-order valence-electron chi connectivity index (χ3n) is 3.42. The first-order chi connectivity index (χ1) is 8.33. The van der Waals surface area contributed by atoms with Gasteiger partial charge in [-0.15, -0.1) is 0 Å². The highest BCUT2D eigenvalue weighted by Gasteiger charge is 2.09. The van der Waals surface area contributed by atoms with E-state index in [1.54, 1.807) is 0 Å². The van der Waals surface area contributed by atoms with Gasteiger partial charge in [0.1, 0.15) is 0 Å². The van der Waals surface area contributed by atoms with E-state index in [4.69, 9.17) is 5.11 Å². The molecule has 94 valence electrons. The first-order valence-electron chi connectivity index (χ1n) is 6.53. The lowest BCUT2D eigenvalue weighted by Crippen LogP contribution is -2.31. The van der Waals surface area contributed by atoms with Crippen molar-refractivity contribution in [2.24, 2.45) is 0 Å². The Morgan fingerprint density at radius 1 is 1.47 bits per heavy atom. The van der Waals surface area contributed by atoms with E-state index in [1.807, 2.05) is 0 Å². The van der Waals surface area contributed by atoms with Gasteiger partial charge in [-0.25, -0.2) is 0 Å². The summed E-state index contributed by atoms with van der Waals surface area (Å²) in [5, 5.41) is 15.9. The monoisotopic (exact) mass is 234 g/mol. The van der Waals surface area contributed by atoms with Crippen LogP contribution in [0.2, 0.25) is 0 Å². The molecule has 1 heterocycles. The first kappa shape index (κ1) is 12.4. The van der Waals surface area contributed by atoms with Gasteiger partial charge >= 0.3 is 0 Å². The van der Waals surface area contributed by atoms with Gasteiger partial charge < -0.3 is 15.7 Å². The second-order valence-corrected chi connectivity index (χ2v) is 4.69. The van der Waals surface area contributed by atoms with Crippen LogP contribution >= 0.6 is 0 Å². The molecule has 0 radical (unpaired) electrons. The van der Waals surface area contributed by atoms with Gasteiger partial charge in [-0.3, -0.25) is 0 Å². The van der Waals surface area contributed by atoms with Gasteiger partial charge in [0.05, 0.1) is 6.61 Å². The maximum Gasteiger partial charge on any atom is 0.0584 e. The molecule has 2 rings (SSSR count). The van der Waals surface area contributed by atoms with Crippen molar-refractivity contribution in [3.63, 3.8) is 0 Å². The van der Waals surface area contributed by atoms with E-state index >= 15 is 0 Å². The van der Waals surface area contributed by atoms with Crippen molar-refractivity contribution in [3.8, 4) is 0 Å². The molecule has 1 aliphatic heterocycles. The minimum absolute atomic E-state index is 0.211. The minimum Gasteiger partial charge on any atom is -0.395 e. The number of nitrogens with one attached hydrogen (secondary N) is 2. The Morgan fingerprint density at radius 3 is 3.12 bits per heavy atom. The molecular formula is C14H22N2O. The van der Waals surface area contributed by atoms with Crippen molar-refractivity contribution < 1.29 is 5.11 Å². The zero-order valence-corrected chi connectivity index (χ0v) is 10.5. The topological polar surface area (TPSA) is 44.3 Å². The van der Waals surface area contributed by atoms with E-state index in [0.29, 0.717) is 0 Å². The van der Waals surface area contributed by atoms with Crippen LogP contribution in [-0.2, 0) is 13.0 Å². The Labute approximate surface area is 103 Å². The van der Waals surface area contributed by atoms with Crippen molar-refractivity contribution in [2.45, 2.75) is 38.8 Å². The summed E-state index contributed by atoms with van der Waals surface area (Å²) in [4.78, 5) is 0. The molecule has 3 N–H and O–H groups in total. The number of aryl methyl sites for hydroxylation is 1. The number of aliphatic hydroxyl groups excluding tert-OH is 1. The van der Waals surface area contributed by atoms with Crippen LogP contribution in [-0.4, -0.2) is 24.3 Å². The molecule has 0 saturated carbocycles. The zero-order valence-electron chi connectivity index (χ0n) is 10.5. The van der Waals surface area contributed by atoms with Crippen LogP contribution in [0.15, 0.2) is 18.2 Å². The van der Waals surface area contributed by atoms with Gasteiger partial charge in [0.2, 0.25) is 0 Å². The van der Waals surface area contributed by atoms with Crippen LogP contribution < -0.4 is 10.6 Å². The summed E-state index contributed by atoms with van der Waals surface area (Å²) in [6.07, 6.45) is 3.36. The van der Waals surface area contributed by atoms with E-state index in [0.717, 1.165) is 19.5 Å². The average molecular weight is 234 g/mol. The molecule has 0 bridgehead atoms. The van der Waals surface area contributed by atoms with E-state index in [1.165, 1.54) is 29.7 Å². The summed E-state index contributed by atoms with van der Waals surface area (Å²) < 4.78 is 0. The molecule has 0 spiro atoms. The maximum absolute atomic E-state index is 9.12. The predicted octanol–water partition coefficient (Wildman–Crippen LogP) is 1.91. The van der Waals surface area contributed by atoms with Crippen molar-refractivity contribution in [1.29, 1.82) is 0 Å². The van der Waals surface area contributed by atoms with Crippen molar-refractivity contribution >= 4 is 5.69 Å². The predicted molar refractivity (Wildman–Crippen MR) is 71.3 cm³/mol. The lowest BCUT2D eigenvalue weighted by atomic mass is 10.0. The molecule has 3 heteroatoms. The van der Waals surface area contributed by atoms with Crippen LogP contribution in [0.5, 0.6) is 0 Å². The molecule has 1 aliphatic rings. The molecule has 0 amide bonds. The molecule has 1 aromatic carbocycles. The normalized spacial score (nSPS) is 16.1. The fourth-order valence-corrected chi connectivity index (χ4v) is 2.24. The van der Waals surface area contributed by atoms with E-state index < -0.39 is 0 Å². The molecule has 1 atom stereocenters. The van der Waals surface area contributed by atoms with Gasteiger partial charge in [-0.05, 0) is 36.5 Å². The smallest absolute Gasteiger partial charge is 0.0584 e. The molecule has 3 nitrogen and oxygen atoms in total. The van der Waals surface area contributed by atoms with Crippen molar-refractivity contribution in [2.75, 3.05) is 18.5 Å². The Hall–Kier alpha value is -1.06. The highest BCUT2D eigenvalue weighted by atomic mass is 16.3. The largest absolute Gasteiger partial charge is 0.395 e. The summed E-state index contributed by atoms with van der Waals surface area (Å²) in [5.41, 5.74) is 4.01. The van der Waals surface area contributed by atoms with E-state index in [-0.39, 0.29) is 12.6 Å². The molecule has 0 saturated heterocycles. The Balaban J connectivity index is 1.97. The zero-order chi connectivity index (χ0) is 12.1.